The van der Waals surface area contributed by atoms with Crippen LogP contribution in [0.5, 0.6) is 0 Å². The lowest BCUT2D eigenvalue weighted by Gasteiger charge is -2.11. The Morgan fingerprint density at radius 2 is 1.86 bits per heavy atom. The summed E-state index contributed by atoms with van der Waals surface area (Å²) >= 11 is 0. The minimum absolute atomic E-state index is 0.149. The Morgan fingerprint density at radius 1 is 1.14 bits per heavy atom. The number of hydrogen-bond acceptors (Lipinski definition) is 1. The molecule has 0 amide bonds. The molecule has 0 unspecified atom stereocenters. The van der Waals surface area contributed by atoms with E-state index >= 15 is 0 Å². The second-order valence-electron chi connectivity index (χ2n) is 3.32. The zero-order valence-corrected chi connectivity index (χ0v) is 7.86. The number of carbonyl (C=O) groups is 1. The van der Waals surface area contributed by atoms with E-state index in [2.05, 4.69) is 6.92 Å². The number of benzene rings is 1. The smallest absolute Gasteiger partial charge is 0.160 e. The van der Waals surface area contributed by atoms with E-state index in [0.29, 0.717) is 6.42 Å². The van der Waals surface area contributed by atoms with Crippen molar-refractivity contribution in [3.63, 3.8) is 0 Å². The summed E-state index contributed by atoms with van der Waals surface area (Å²) in [6.07, 6.45) is 4.04. The molecular weight excluding hydrogens is 172 g/mol. The molecule has 0 aromatic heterocycles. The first-order valence-corrected chi connectivity index (χ1v) is 4.60. The van der Waals surface area contributed by atoms with Gasteiger partial charge in [0.15, 0.2) is 5.78 Å². The average molecular weight is 183 g/mol. The topological polar surface area (TPSA) is 17.1 Å². The minimum atomic E-state index is 0.149. The van der Waals surface area contributed by atoms with Gasteiger partial charge in [0.2, 0.25) is 0 Å². The highest BCUT2D eigenvalue weighted by Crippen LogP contribution is 2.25. The van der Waals surface area contributed by atoms with Crippen molar-refractivity contribution in [1.82, 2.24) is 0 Å². The van der Waals surface area contributed by atoms with Gasteiger partial charge in [0.05, 0.1) is 0 Å². The largest absolute Gasteiger partial charge is 0.294 e. The number of allylic oxidation sites excluding steroid dienone is 4. The maximum Gasteiger partial charge on any atom is 0.160 e. The first-order chi connectivity index (χ1) is 6.77. The molecule has 0 atom stereocenters. The van der Waals surface area contributed by atoms with Crippen molar-refractivity contribution in [3.05, 3.63) is 60.5 Å². The van der Waals surface area contributed by atoms with Gasteiger partial charge in [0.1, 0.15) is 0 Å². The van der Waals surface area contributed by atoms with Crippen LogP contribution in [0.1, 0.15) is 12.0 Å². The zero-order valence-electron chi connectivity index (χ0n) is 7.86. The molecule has 0 fully saturated rings. The van der Waals surface area contributed by atoms with Crippen molar-refractivity contribution in [2.75, 3.05) is 0 Å². The minimum Gasteiger partial charge on any atom is -0.294 e. The van der Waals surface area contributed by atoms with Crippen LogP contribution in [0.25, 0.3) is 5.57 Å². The molecule has 0 bridgehead atoms. The highest BCUT2D eigenvalue weighted by molar-refractivity contribution is 6.03. The molecule has 14 heavy (non-hydrogen) atoms. The lowest BCUT2D eigenvalue weighted by atomic mass is 9.92. The molecule has 1 aromatic carbocycles. The van der Waals surface area contributed by atoms with E-state index in [4.69, 9.17) is 0 Å². The molecule has 1 radical (unpaired) electrons. The maximum absolute atomic E-state index is 11.2. The van der Waals surface area contributed by atoms with Gasteiger partial charge in [-0.15, -0.1) is 0 Å². The second kappa shape index (κ2) is 3.62. The predicted molar refractivity (Wildman–Crippen MR) is 57.5 cm³/mol. The lowest BCUT2D eigenvalue weighted by Crippen LogP contribution is -2.00. The summed E-state index contributed by atoms with van der Waals surface area (Å²) < 4.78 is 0. The molecule has 0 N–H and O–H groups in total. The van der Waals surface area contributed by atoms with E-state index in [1.165, 1.54) is 0 Å². The fourth-order valence-electron chi connectivity index (χ4n) is 1.53. The van der Waals surface area contributed by atoms with Crippen LogP contribution in [0, 0.1) is 6.92 Å². The normalized spacial score (nSPS) is 16.2. The van der Waals surface area contributed by atoms with E-state index in [1.807, 2.05) is 36.4 Å². The lowest BCUT2D eigenvalue weighted by molar-refractivity contribution is -0.113. The summed E-state index contributed by atoms with van der Waals surface area (Å²) in [7, 11) is 0. The molecule has 2 rings (SSSR count). The summed E-state index contributed by atoms with van der Waals surface area (Å²) in [5.74, 6) is 0.149. The standard InChI is InChI=1S/C13H11O/c1-10-7-8-12(14)9-13(10)11-5-3-2-4-6-11/h2-7,9H,1,8H2. The molecule has 0 spiro atoms. The Hall–Kier alpha value is -1.63. The van der Waals surface area contributed by atoms with E-state index in [0.717, 1.165) is 16.7 Å². The van der Waals surface area contributed by atoms with Gasteiger partial charge < -0.3 is 0 Å². The molecular formula is C13H11O. The number of carbonyl (C=O) groups excluding carboxylic acids is 1. The first kappa shape index (κ1) is 8.95. The Labute approximate surface area is 83.8 Å². The van der Waals surface area contributed by atoms with Gasteiger partial charge in [0.25, 0.3) is 0 Å². The highest BCUT2D eigenvalue weighted by Gasteiger charge is 2.10. The van der Waals surface area contributed by atoms with Gasteiger partial charge in [-0.1, -0.05) is 36.4 Å². The van der Waals surface area contributed by atoms with Crippen LogP contribution in [0.3, 0.4) is 0 Å². The van der Waals surface area contributed by atoms with Crippen LogP contribution in [0.4, 0.5) is 0 Å². The molecule has 0 aliphatic heterocycles. The third kappa shape index (κ3) is 1.67. The van der Waals surface area contributed by atoms with Gasteiger partial charge in [-0.25, -0.2) is 0 Å². The molecule has 1 heteroatoms. The molecule has 0 saturated carbocycles. The average Bonchev–Trinajstić information content (AvgIpc) is 2.23. The van der Waals surface area contributed by atoms with E-state index < -0.39 is 0 Å². The quantitative estimate of drug-likeness (QED) is 0.654. The SMILES string of the molecule is [CH2]C1=CCC(=O)C=C1c1ccccc1. The van der Waals surface area contributed by atoms with Crippen molar-refractivity contribution in [2.45, 2.75) is 6.42 Å². The van der Waals surface area contributed by atoms with Gasteiger partial charge in [-0.2, -0.15) is 0 Å². The summed E-state index contributed by atoms with van der Waals surface area (Å²) in [6.45, 7) is 3.93. The Kier molecular flexibility index (Phi) is 2.32. The number of rotatable bonds is 1. The summed E-state index contributed by atoms with van der Waals surface area (Å²) in [5.41, 5.74) is 2.94. The Balaban J connectivity index is 2.44. The molecule has 0 heterocycles. The van der Waals surface area contributed by atoms with Gasteiger partial charge >= 0.3 is 0 Å². The molecule has 69 valence electrons. The fourth-order valence-corrected chi connectivity index (χ4v) is 1.53. The van der Waals surface area contributed by atoms with Gasteiger partial charge in [0, 0.05) is 6.42 Å². The van der Waals surface area contributed by atoms with E-state index in [-0.39, 0.29) is 5.78 Å². The Morgan fingerprint density at radius 3 is 2.57 bits per heavy atom. The number of hydrogen-bond donors (Lipinski definition) is 0. The van der Waals surface area contributed by atoms with Crippen molar-refractivity contribution >= 4 is 11.4 Å². The highest BCUT2D eigenvalue weighted by atomic mass is 16.1. The zero-order chi connectivity index (χ0) is 9.97. The summed E-state index contributed by atoms with van der Waals surface area (Å²) in [5, 5.41) is 0. The van der Waals surface area contributed by atoms with Crippen LogP contribution in [-0.4, -0.2) is 5.78 Å². The molecule has 1 aliphatic rings. The first-order valence-electron chi connectivity index (χ1n) is 4.60. The van der Waals surface area contributed by atoms with Gasteiger partial charge in [-0.3, -0.25) is 4.79 Å². The van der Waals surface area contributed by atoms with Crippen LogP contribution < -0.4 is 0 Å². The predicted octanol–water partition coefficient (Wildman–Crippen LogP) is 2.80. The van der Waals surface area contributed by atoms with E-state index in [9.17, 15) is 4.79 Å². The summed E-state index contributed by atoms with van der Waals surface area (Å²) in [6, 6.07) is 9.86. The van der Waals surface area contributed by atoms with Crippen LogP contribution in [0.2, 0.25) is 0 Å². The van der Waals surface area contributed by atoms with Crippen molar-refractivity contribution in [3.8, 4) is 0 Å². The van der Waals surface area contributed by atoms with Crippen LogP contribution in [-0.2, 0) is 4.79 Å². The van der Waals surface area contributed by atoms with Crippen molar-refractivity contribution in [2.24, 2.45) is 0 Å². The van der Waals surface area contributed by atoms with Gasteiger partial charge in [-0.05, 0) is 29.7 Å². The molecule has 0 saturated heterocycles. The van der Waals surface area contributed by atoms with Crippen LogP contribution in [0.15, 0.2) is 48.1 Å². The molecule has 1 aliphatic carbocycles. The third-order valence-corrected chi connectivity index (χ3v) is 2.29. The molecule has 1 aromatic rings. The monoisotopic (exact) mass is 183 g/mol. The summed E-state index contributed by atoms with van der Waals surface area (Å²) in [4.78, 5) is 11.2. The second-order valence-corrected chi connectivity index (χ2v) is 3.32. The number of ketones is 1. The van der Waals surface area contributed by atoms with Crippen molar-refractivity contribution in [1.29, 1.82) is 0 Å². The Bertz CT molecular complexity index is 410. The fraction of sp³-hybridized carbons (Fsp3) is 0.0769. The third-order valence-electron chi connectivity index (χ3n) is 2.29. The van der Waals surface area contributed by atoms with Crippen LogP contribution >= 0.6 is 0 Å². The molecule has 1 nitrogen and oxygen atoms in total. The maximum atomic E-state index is 11.2. The van der Waals surface area contributed by atoms with E-state index in [1.54, 1.807) is 6.08 Å². The van der Waals surface area contributed by atoms with Crippen molar-refractivity contribution < 1.29 is 4.79 Å².